The van der Waals surface area contributed by atoms with Crippen LogP contribution < -0.4 is 9.64 Å². The van der Waals surface area contributed by atoms with Crippen molar-refractivity contribution >= 4 is 29.1 Å². The topological polar surface area (TPSA) is 106 Å². The fourth-order valence-corrected chi connectivity index (χ4v) is 4.14. The lowest BCUT2D eigenvalue weighted by atomic mass is 9.95. The van der Waals surface area contributed by atoms with Crippen LogP contribution in [-0.4, -0.2) is 41.0 Å². The molecule has 1 N–H and O–H groups in total. The molecule has 0 radical (unpaired) electrons. The number of anilines is 1. The van der Waals surface area contributed by atoms with Crippen molar-refractivity contribution in [3.63, 3.8) is 0 Å². The van der Waals surface area contributed by atoms with Crippen molar-refractivity contribution in [2.45, 2.75) is 26.3 Å². The number of amides is 1. The van der Waals surface area contributed by atoms with Gasteiger partial charge in [-0.2, -0.15) is 0 Å². The normalized spacial score (nSPS) is 16.7. The Morgan fingerprint density at radius 2 is 1.61 bits per heavy atom. The summed E-state index contributed by atoms with van der Waals surface area (Å²) in [5.41, 5.74) is 2.15. The first-order chi connectivity index (χ1) is 17.4. The molecule has 36 heavy (non-hydrogen) atoms. The standard InChI is InChI=1S/C28H26N2O6/c1-3-35-22-11-7-20(8-12-22)26(32)24-25(19-13-15-29-16-14-19)30(28(34)27(24)33)21-9-5-18(6-10-21)17-23(31)36-4-2/h5-16,25,32H,3-4,17H2,1-2H3/b26-24-. The summed E-state index contributed by atoms with van der Waals surface area (Å²) in [5.74, 6) is -1.55. The number of esters is 1. The largest absolute Gasteiger partial charge is 0.507 e. The smallest absolute Gasteiger partial charge is 0.310 e. The number of aromatic nitrogens is 1. The number of rotatable bonds is 8. The van der Waals surface area contributed by atoms with Gasteiger partial charge in [0.25, 0.3) is 11.7 Å². The number of ketones is 1. The maximum Gasteiger partial charge on any atom is 0.310 e. The first-order valence-electron chi connectivity index (χ1n) is 11.6. The Morgan fingerprint density at radius 1 is 0.944 bits per heavy atom. The first-order valence-corrected chi connectivity index (χ1v) is 11.6. The third kappa shape index (κ3) is 4.98. The molecule has 1 atom stereocenters. The molecule has 1 fully saturated rings. The molecule has 8 nitrogen and oxygen atoms in total. The van der Waals surface area contributed by atoms with Gasteiger partial charge in [-0.25, -0.2) is 0 Å². The monoisotopic (exact) mass is 486 g/mol. The summed E-state index contributed by atoms with van der Waals surface area (Å²) in [5, 5.41) is 11.2. The van der Waals surface area contributed by atoms with Gasteiger partial charge in [-0.15, -0.1) is 0 Å². The average Bonchev–Trinajstić information content (AvgIpc) is 3.16. The number of carbonyl (C=O) groups is 3. The molecular weight excluding hydrogens is 460 g/mol. The highest BCUT2D eigenvalue weighted by atomic mass is 16.5. The van der Waals surface area contributed by atoms with E-state index in [2.05, 4.69) is 4.98 Å². The quantitative estimate of drug-likeness (QED) is 0.220. The van der Waals surface area contributed by atoms with E-state index in [1.54, 1.807) is 80.0 Å². The molecule has 1 unspecified atom stereocenters. The van der Waals surface area contributed by atoms with Crippen LogP contribution in [0.5, 0.6) is 5.75 Å². The molecule has 1 saturated heterocycles. The molecule has 1 aliphatic heterocycles. The van der Waals surface area contributed by atoms with Crippen molar-refractivity contribution in [2.24, 2.45) is 0 Å². The van der Waals surface area contributed by atoms with Crippen LogP contribution in [0.4, 0.5) is 5.69 Å². The Balaban J connectivity index is 1.76. The predicted octanol–water partition coefficient (Wildman–Crippen LogP) is 4.21. The van der Waals surface area contributed by atoms with Crippen LogP contribution in [0.3, 0.4) is 0 Å². The summed E-state index contributed by atoms with van der Waals surface area (Å²) < 4.78 is 10.4. The zero-order valence-corrected chi connectivity index (χ0v) is 20.0. The number of Topliss-reactive ketones (excluding diaryl/α,β-unsaturated/α-hetero) is 1. The predicted molar refractivity (Wildman–Crippen MR) is 133 cm³/mol. The number of benzene rings is 2. The lowest BCUT2D eigenvalue weighted by molar-refractivity contribution is -0.142. The minimum Gasteiger partial charge on any atom is -0.507 e. The SMILES string of the molecule is CCOC(=O)Cc1ccc(N2C(=O)C(=O)/C(=C(\O)c3ccc(OCC)cc3)C2c2ccncc2)cc1. The molecule has 2 aromatic carbocycles. The van der Waals surface area contributed by atoms with Crippen molar-refractivity contribution in [2.75, 3.05) is 18.1 Å². The highest BCUT2D eigenvalue weighted by molar-refractivity contribution is 6.51. The van der Waals surface area contributed by atoms with Crippen molar-refractivity contribution in [3.8, 4) is 5.75 Å². The summed E-state index contributed by atoms with van der Waals surface area (Å²) in [6, 6.07) is 16.0. The van der Waals surface area contributed by atoms with E-state index in [0.717, 1.165) is 0 Å². The van der Waals surface area contributed by atoms with E-state index in [9.17, 15) is 19.5 Å². The van der Waals surface area contributed by atoms with Gasteiger partial charge in [0.2, 0.25) is 0 Å². The Labute approximate surface area is 208 Å². The molecule has 8 heteroatoms. The molecule has 3 aromatic rings. The lowest BCUT2D eigenvalue weighted by Crippen LogP contribution is -2.29. The molecule has 184 valence electrons. The Bertz CT molecular complexity index is 1280. The maximum atomic E-state index is 13.2. The minimum atomic E-state index is -0.865. The average molecular weight is 487 g/mol. The third-order valence-corrected chi connectivity index (χ3v) is 5.77. The zero-order valence-electron chi connectivity index (χ0n) is 20.0. The summed E-state index contributed by atoms with van der Waals surface area (Å²) in [6.07, 6.45) is 3.22. The molecule has 1 amide bonds. The number of pyridine rings is 1. The lowest BCUT2D eigenvalue weighted by Gasteiger charge is -2.25. The number of aliphatic hydroxyl groups excluding tert-OH is 1. The van der Waals surface area contributed by atoms with E-state index in [-0.39, 0.29) is 23.7 Å². The molecule has 1 aromatic heterocycles. The van der Waals surface area contributed by atoms with E-state index in [1.165, 1.54) is 4.90 Å². The summed E-state index contributed by atoms with van der Waals surface area (Å²) in [4.78, 5) is 43.7. The van der Waals surface area contributed by atoms with Gasteiger partial charge in [0.1, 0.15) is 11.5 Å². The Kier molecular flexibility index (Phi) is 7.44. The van der Waals surface area contributed by atoms with Crippen molar-refractivity contribution in [1.82, 2.24) is 4.98 Å². The molecule has 0 saturated carbocycles. The van der Waals surface area contributed by atoms with Crippen molar-refractivity contribution in [1.29, 1.82) is 0 Å². The van der Waals surface area contributed by atoms with E-state index in [1.807, 2.05) is 6.92 Å². The number of ether oxygens (including phenoxy) is 2. The number of hydrogen-bond acceptors (Lipinski definition) is 7. The van der Waals surface area contributed by atoms with Crippen LogP contribution in [0, 0.1) is 0 Å². The summed E-state index contributed by atoms with van der Waals surface area (Å²) in [6.45, 7) is 4.40. The molecule has 0 spiro atoms. The molecular formula is C28H26N2O6. The van der Waals surface area contributed by atoms with Crippen molar-refractivity contribution < 1.29 is 29.0 Å². The fraction of sp³-hybridized carbons (Fsp3) is 0.214. The first kappa shape index (κ1) is 24.7. The number of hydrogen-bond donors (Lipinski definition) is 1. The molecule has 0 bridgehead atoms. The van der Waals surface area contributed by atoms with Gasteiger partial charge in [0.05, 0.1) is 31.2 Å². The summed E-state index contributed by atoms with van der Waals surface area (Å²) in [7, 11) is 0. The minimum absolute atomic E-state index is 0.0223. The van der Waals surface area contributed by atoms with Gasteiger partial charge >= 0.3 is 5.97 Å². The second-order valence-electron chi connectivity index (χ2n) is 8.06. The van der Waals surface area contributed by atoms with Gasteiger partial charge in [0.15, 0.2) is 0 Å². The van der Waals surface area contributed by atoms with E-state index < -0.39 is 17.7 Å². The van der Waals surface area contributed by atoms with Gasteiger partial charge in [-0.05, 0) is 73.5 Å². The number of carbonyl (C=O) groups excluding carboxylic acids is 3. The Morgan fingerprint density at radius 3 is 2.22 bits per heavy atom. The third-order valence-electron chi connectivity index (χ3n) is 5.77. The second-order valence-corrected chi connectivity index (χ2v) is 8.06. The molecule has 4 rings (SSSR count). The van der Waals surface area contributed by atoms with Crippen LogP contribution >= 0.6 is 0 Å². The highest BCUT2D eigenvalue weighted by Gasteiger charge is 2.46. The van der Waals surface area contributed by atoms with E-state index in [4.69, 9.17) is 9.47 Å². The van der Waals surface area contributed by atoms with Crippen molar-refractivity contribution in [3.05, 3.63) is 95.3 Å². The number of aliphatic hydroxyl groups is 1. The molecule has 2 heterocycles. The van der Waals surface area contributed by atoms with Gasteiger partial charge < -0.3 is 14.6 Å². The van der Waals surface area contributed by atoms with Gasteiger partial charge in [0, 0.05) is 23.6 Å². The van der Waals surface area contributed by atoms with E-state index in [0.29, 0.717) is 41.3 Å². The van der Waals surface area contributed by atoms with Crippen LogP contribution in [0.1, 0.15) is 36.6 Å². The van der Waals surface area contributed by atoms with Crippen LogP contribution in [-0.2, 0) is 25.5 Å². The molecule has 0 aliphatic carbocycles. The van der Waals surface area contributed by atoms with Gasteiger partial charge in [-0.3, -0.25) is 24.3 Å². The highest BCUT2D eigenvalue weighted by Crippen LogP contribution is 2.42. The van der Waals surface area contributed by atoms with Gasteiger partial charge in [-0.1, -0.05) is 12.1 Å². The van der Waals surface area contributed by atoms with E-state index >= 15 is 0 Å². The number of nitrogens with zero attached hydrogens (tertiary/aromatic N) is 2. The molecule has 1 aliphatic rings. The Hall–Kier alpha value is -4.46. The van der Waals surface area contributed by atoms with Crippen LogP contribution in [0.15, 0.2) is 78.6 Å². The maximum absolute atomic E-state index is 13.2. The fourth-order valence-electron chi connectivity index (χ4n) is 4.14. The second kappa shape index (κ2) is 10.9. The van der Waals surface area contributed by atoms with Crippen LogP contribution in [0.2, 0.25) is 0 Å². The summed E-state index contributed by atoms with van der Waals surface area (Å²) >= 11 is 0. The zero-order chi connectivity index (χ0) is 25.7. The van der Waals surface area contributed by atoms with Crippen LogP contribution in [0.25, 0.3) is 5.76 Å².